The van der Waals surface area contributed by atoms with Crippen molar-refractivity contribution in [2.24, 2.45) is 0 Å². The van der Waals surface area contributed by atoms with Crippen LogP contribution >= 0.6 is 11.3 Å². The predicted molar refractivity (Wildman–Crippen MR) is 75.7 cm³/mol. The highest BCUT2D eigenvalue weighted by Gasteiger charge is 2.22. The summed E-state index contributed by atoms with van der Waals surface area (Å²) in [7, 11) is 5.23. The number of nitrogens with zero attached hydrogens (tertiary/aromatic N) is 3. The minimum absolute atomic E-state index is 0.102. The second-order valence-corrected chi connectivity index (χ2v) is 5.09. The van der Waals surface area contributed by atoms with E-state index in [-0.39, 0.29) is 24.9 Å². The Bertz CT molecular complexity index is 422. The lowest BCUT2D eigenvalue weighted by atomic mass is 10.4. The number of hydrogen-bond donors (Lipinski definition) is 2. The first-order valence-corrected chi connectivity index (χ1v) is 6.65. The number of ether oxygens (including phenoxy) is 1. The Kier molecular flexibility index (Phi) is 6.00. The van der Waals surface area contributed by atoms with Crippen molar-refractivity contribution in [1.29, 1.82) is 0 Å². The number of carbonyl (C=O) groups excluding carboxylic acids is 1. The molecule has 0 aliphatic carbocycles. The average molecular weight is 288 g/mol. The highest BCUT2D eigenvalue weighted by atomic mass is 32.1. The molecule has 0 bridgehead atoms. The smallest absolute Gasteiger partial charge is 0.268 e. The Morgan fingerprint density at radius 3 is 2.63 bits per heavy atom. The Hall–Kier alpha value is -1.38. The van der Waals surface area contributed by atoms with Crippen molar-refractivity contribution in [2.75, 3.05) is 58.1 Å². The third kappa shape index (κ3) is 4.05. The first-order chi connectivity index (χ1) is 9.01. The second kappa shape index (κ2) is 7.27. The molecule has 0 fully saturated rings. The molecule has 19 heavy (non-hydrogen) atoms. The molecule has 0 unspecified atom stereocenters. The van der Waals surface area contributed by atoms with Crippen LogP contribution in [0.25, 0.3) is 0 Å². The number of aliphatic hydroxyl groups excluding tert-OH is 1. The number of rotatable bonds is 7. The third-order valence-corrected chi connectivity index (χ3v) is 3.67. The number of methoxy groups -OCH3 is 1. The number of hydrogen-bond acceptors (Lipinski definition) is 7. The minimum atomic E-state index is -0.228. The fourth-order valence-electron chi connectivity index (χ4n) is 1.45. The van der Waals surface area contributed by atoms with Gasteiger partial charge in [-0.25, -0.2) is 4.98 Å². The summed E-state index contributed by atoms with van der Waals surface area (Å²) in [6.45, 7) is 0.959. The summed E-state index contributed by atoms with van der Waals surface area (Å²) < 4.78 is 4.95. The molecular weight excluding hydrogens is 268 g/mol. The summed E-state index contributed by atoms with van der Waals surface area (Å²) >= 11 is 1.24. The lowest BCUT2D eigenvalue weighted by Crippen LogP contribution is -2.36. The maximum atomic E-state index is 12.3. The lowest BCUT2D eigenvalue weighted by molar-refractivity contribution is 0.0662. The topological polar surface area (TPSA) is 91.9 Å². The third-order valence-electron chi connectivity index (χ3n) is 2.44. The molecule has 8 heteroatoms. The first kappa shape index (κ1) is 15.7. The molecule has 1 rings (SSSR count). The van der Waals surface area contributed by atoms with Crippen molar-refractivity contribution < 1.29 is 14.6 Å². The Labute approximate surface area is 116 Å². The van der Waals surface area contributed by atoms with Crippen molar-refractivity contribution in [1.82, 2.24) is 9.88 Å². The standard InChI is InChI=1S/C11H20N4O3S/c1-14(2)11-13-9(12)8(19-11)10(17)15(4-6-16)5-7-18-3/h16H,4-7,12H2,1-3H3. The molecule has 0 spiro atoms. The summed E-state index contributed by atoms with van der Waals surface area (Å²) in [6.07, 6.45) is 0. The van der Waals surface area contributed by atoms with Gasteiger partial charge in [0.05, 0.1) is 13.2 Å². The summed E-state index contributed by atoms with van der Waals surface area (Å²) in [5.41, 5.74) is 5.77. The molecule has 0 saturated carbocycles. The summed E-state index contributed by atoms with van der Waals surface area (Å²) in [5.74, 6) is -0.00624. The minimum Gasteiger partial charge on any atom is -0.395 e. The molecule has 1 heterocycles. The highest BCUT2D eigenvalue weighted by Crippen LogP contribution is 2.27. The zero-order chi connectivity index (χ0) is 14.4. The average Bonchev–Trinajstić information content (AvgIpc) is 2.76. The van der Waals surface area contributed by atoms with E-state index in [1.54, 1.807) is 12.0 Å². The number of nitrogens with two attached hydrogens (primary N) is 1. The van der Waals surface area contributed by atoms with Gasteiger partial charge in [-0.1, -0.05) is 11.3 Å². The maximum absolute atomic E-state index is 12.3. The van der Waals surface area contributed by atoms with Gasteiger partial charge in [-0.05, 0) is 0 Å². The fourth-order valence-corrected chi connectivity index (χ4v) is 2.32. The van der Waals surface area contributed by atoms with Gasteiger partial charge in [-0.2, -0.15) is 0 Å². The quantitative estimate of drug-likeness (QED) is 0.726. The van der Waals surface area contributed by atoms with Gasteiger partial charge in [0.15, 0.2) is 5.13 Å². The van der Waals surface area contributed by atoms with Crippen molar-refractivity contribution in [2.45, 2.75) is 0 Å². The summed E-state index contributed by atoms with van der Waals surface area (Å²) in [6, 6.07) is 0. The van der Waals surface area contributed by atoms with Crippen LogP contribution in [0.3, 0.4) is 0 Å². The lowest BCUT2D eigenvalue weighted by Gasteiger charge is -2.20. The van der Waals surface area contributed by atoms with Crippen LogP contribution in [0.5, 0.6) is 0 Å². The molecule has 108 valence electrons. The van der Waals surface area contributed by atoms with E-state index in [9.17, 15) is 4.79 Å². The van der Waals surface area contributed by atoms with Crippen molar-refractivity contribution in [3.8, 4) is 0 Å². The number of thiazole rings is 1. The van der Waals surface area contributed by atoms with Gasteiger partial charge in [-0.3, -0.25) is 4.79 Å². The van der Waals surface area contributed by atoms with Gasteiger partial charge in [0.2, 0.25) is 0 Å². The molecule has 0 aromatic carbocycles. The molecule has 1 amide bonds. The van der Waals surface area contributed by atoms with Crippen LogP contribution in [-0.4, -0.2) is 68.4 Å². The van der Waals surface area contributed by atoms with Gasteiger partial charge in [0.1, 0.15) is 10.7 Å². The van der Waals surface area contributed by atoms with Crippen LogP contribution in [0.15, 0.2) is 0 Å². The molecule has 7 nitrogen and oxygen atoms in total. The zero-order valence-corrected chi connectivity index (χ0v) is 12.2. The Morgan fingerprint density at radius 2 is 2.16 bits per heavy atom. The van der Waals surface area contributed by atoms with E-state index < -0.39 is 0 Å². The van der Waals surface area contributed by atoms with E-state index >= 15 is 0 Å². The number of nitrogen functional groups attached to an aromatic ring is 1. The van der Waals surface area contributed by atoms with Gasteiger partial charge in [-0.15, -0.1) is 0 Å². The molecular formula is C11H20N4O3S. The van der Waals surface area contributed by atoms with E-state index in [2.05, 4.69) is 4.98 Å². The molecule has 0 aliphatic heterocycles. The van der Waals surface area contributed by atoms with Crippen LogP contribution in [0.4, 0.5) is 10.9 Å². The maximum Gasteiger partial charge on any atom is 0.268 e. The van der Waals surface area contributed by atoms with Crippen LogP contribution in [0.2, 0.25) is 0 Å². The predicted octanol–water partition coefficient (Wildman–Crippen LogP) is -0.128. The van der Waals surface area contributed by atoms with Crippen molar-refractivity contribution >= 4 is 28.2 Å². The second-order valence-electron chi connectivity index (χ2n) is 4.11. The number of aromatic nitrogens is 1. The normalized spacial score (nSPS) is 10.5. The fraction of sp³-hybridized carbons (Fsp3) is 0.636. The first-order valence-electron chi connectivity index (χ1n) is 5.84. The summed E-state index contributed by atoms with van der Waals surface area (Å²) in [5, 5.41) is 9.69. The van der Waals surface area contributed by atoms with Gasteiger partial charge in [0.25, 0.3) is 5.91 Å². The SMILES string of the molecule is COCCN(CCO)C(=O)c1sc(N(C)C)nc1N. The van der Waals surface area contributed by atoms with E-state index in [0.29, 0.717) is 23.2 Å². The molecule has 0 aliphatic rings. The number of aliphatic hydroxyl groups is 1. The van der Waals surface area contributed by atoms with Gasteiger partial charge in [0, 0.05) is 34.3 Å². The summed E-state index contributed by atoms with van der Waals surface area (Å²) in [4.78, 5) is 20.2. The molecule has 0 radical (unpaired) electrons. The van der Waals surface area contributed by atoms with Crippen LogP contribution in [0, 0.1) is 0 Å². The van der Waals surface area contributed by atoms with Crippen molar-refractivity contribution in [3.63, 3.8) is 0 Å². The number of amides is 1. The number of carbonyl (C=O) groups is 1. The van der Waals surface area contributed by atoms with Gasteiger partial charge >= 0.3 is 0 Å². The van der Waals surface area contributed by atoms with Crippen LogP contribution < -0.4 is 10.6 Å². The van der Waals surface area contributed by atoms with Crippen LogP contribution in [0.1, 0.15) is 9.67 Å². The van der Waals surface area contributed by atoms with E-state index in [1.165, 1.54) is 16.2 Å². The number of anilines is 2. The molecule has 1 aromatic rings. The van der Waals surface area contributed by atoms with Crippen molar-refractivity contribution in [3.05, 3.63) is 4.88 Å². The molecule has 0 atom stereocenters. The van der Waals surface area contributed by atoms with Gasteiger partial charge < -0.3 is 25.4 Å². The largest absolute Gasteiger partial charge is 0.395 e. The molecule has 0 saturated heterocycles. The Morgan fingerprint density at radius 1 is 1.47 bits per heavy atom. The highest BCUT2D eigenvalue weighted by molar-refractivity contribution is 7.18. The Balaban J connectivity index is 2.89. The van der Waals surface area contributed by atoms with Crippen LogP contribution in [-0.2, 0) is 4.74 Å². The monoisotopic (exact) mass is 288 g/mol. The molecule has 1 aromatic heterocycles. The van der Waals surface area contributed by atoms with E-state index in [4.69, 9.17) is 15.6 Å². The molecule has 3 N–H and O–H groups in total. The van der Waals surface area contributed by atoms with E-state index in [0.717, 1.165) is 0 Å². The van der Waals surface area contributed by atoms with E-state index in [1.807, 2.05) is 14.1 Å². The zero-order valence-electron chi connectivity index (χ0n) is 11.4.